The van der Waals surface area contributed by atoms with Crippen molar-refractivity contribution in [3.05, 3.63) is 0 Å². The maximum absolute atomic E-state index is 11.8. The molecule has 354 valence electrons. The van der Waals surface area contributed by atoms with Gasteiger partial charge in [-0.1, -0.05) is 0 Å². The topological polar surface area (TPSA) is 510 Å². The highest BCUT2D eigenvalue weighted by atomic mass is 16.4. The van der Waals surface area contributed by atoms with Crippen LogP contribution in [0, 0.1) is 0 Å². The number of hydrogen-bond acceptors (Lipinski definition) is 15. The van der Waals surface area contributed by atoms with E-state index in [1.807, 2.05) is 16.0 Å². The first kappa shape index (κ1) is 59.4. The molecule has 0 aliphatic heterocycles. The van der Waals surface area contributed by atoms with E-state index in [-0.39, 0.29) is 19.3 Å². The third-order valence-corrected chi connectivity index (χ3v) is 7.00. The summed E-state index contributed by atoms with van der Waals surface area (Å²) in [6.07, 6.45) is -4.73. The fourth-order valence-electron chi connectivity index (χ4n) is 4.28. The average molecular weight is 913 g/mol. The van der Waals surface area contributed by atoms with Crippen LogP contribution in [-0.2, 0) is 71.9 Å². The van der Waals surface area contributed by atoms with E-state index in [9.17, 15) is 71.9 Å². The lowest BCUT2D eigenvalue weighted by atomic mass is 10.1. The molecule has 0 aliphatic rings. The van der Waals surface area contributed by atoms with E-state index in [1.54, 1.807) is 0 Å². The zero-order valence-electron chi connectivity index (χ0n) is 33.5. The Morgan fingerprint density at radius 1 is 0.302 bits per heavy atom. The first-order chi connectivity index (χ1) is 28.9. The van der Waals surface area contributed by atoms with Crippen LogP contribution < -0.4 is 31.9 Å². The second kappa shape index (κ2) is 31.0. The summed E-state index contributed by atoms with van der Waals surface area (Å²) in [6.45, 7) is 3.21. The Morgan fingerprint density at radius 3 is 0.619 bits per heavy atom. The van der Waals surface area contributed by atoms with Gasteiger partial charge in [-0.25, -0.2) is 14.4 Å². The monoisotopic (exact) mass is 912 g/mol. The van der Waals surface area contributed by atoms with Gasteiger partial charge in [0.05, 0.1) is 19.3 Å². The third-order valence-electron chi connectivity index (χ3n) is 7.00. The highest BCUT2D eigenvalue weighted by Crippen LogP contribution is 2.04. The Morgan fingerprint density at radius 2 is 0.492 bits per heavy atom. The largest absolute Gasteiger partial charge is 0.481 e. The molecule has 0 rings (SSSR count). The molecule has 0 saturated heterocycles. The van der Waals surface area contributed by atoms with Crippen LogP contribution in [0.4, 0.5) is 0 Å². The van der Waals surface area contributed by atoms with Crippen molar-refractivity contribution in [2.75, 3.05) is 0 Å². The van der Waals surface area contributed by atoms with Gasteiger partial charge in [-0.2, -0.15) is 0 Å². The van der Waals surface area contributed by atoms with E-state index in [2.05, 4.69) is 16.0 Å². The molecule has 0 aromatic carbocycles. The van der Waals surface area contributed by atoms with Crippen molar-refractivity contribution in [2.45, 2.75) is 115 Å². The molecule has 6 amide bonds. The smallest absolute Gasteiger partial charge is 0.326 e. The van der Waals surface area contributed by atoms with Gasteiger partial charge in [0.25, 0.3) is 0 Å². The number of rotatable bonds is 27. The number of carbonyl (C=O) groups is 15. The summed E-state index contributed by atoms with van der Waals surface area (Å²) in [4.78, 5) is 164. The van der Waals surface area contributed by atoms with Crippen LogP contribution >= 0.6 is 0 Å². The van der Waals surface area contributed by atoms with Crippen LogP contribution in [0.25, 0.3) is 0 Å². The molecule has 0 aromatic heterocycles. The number of carbonyl (C=O) groups excluding carboxylic acids is 6. The van der Waals surface area contributed by atoms with Crippen LogP contribution in [0.2, 0.25) is 0 Å². The lowest BCUT2D eigenvalue weighted by Gasteiger charge is -2.19. The van der Waals surface area contributed by atoms with E-state index in [0.29, 0.717) is 0 Å². The number of aliphatic carboxylic acids is 9. The second-order valence-corrected chi connectivity index (χ2v) is 12.5. The third kappa shape index (κ3) is 32.6. The van der Waals surface area contributed by atoms with Crippen LogP contribution in [0.5, 0.6) is 0 Å². The zero-order chi connectivity index (χ0) is 49.7. The van der Waals surface area contributed by atoms with Gasteiger partial charge in [-0.05, 0) is 19.3 Å². The minimum absolute atomic E-state index is 0.365. The Balaban J connectivity index is -0.000000857. The minimum Gasteiger partial charge on any atom is -0.481 e. The van der Waals surface area contributed by atoms with Crippen molar-refractivity contribution in [2.24, 2.45) is 0 Å². The predicted molar refractivity (Wildman–Crippen MR) is 199 cm³/mol. The first-order valence-corrected chi connectivity index (χ1v) is 17.6. The highest BCUT2D eigenvalue weighted by molar-refractivity contribution is 5.94. The molecule has 0 saturated carbocycles. The molecule has 6 atom stereocenters. The first-order valence-electron chi connectivity index (χ1n) is 17.6. The van der Waals surface area contributed by atoms with Crippen LogP contribution in [0.1, 0.15) is 78.6 Å². The summed E-state index contributed by atoms with van der Waals surface area (Å²) in [6, 6.07) is -8.78. The van der Waals surface area contributed by atoms with E-state index in [4.69, 9.17) is 46.0 Å². The van der Waals surface area contributed by atoms with E-state index in [1.165, 1.54) is 0 Å². The molecular formula is C33H48N6O24. The molecule has 15 N–H and O–H groups in total. The molecule has 0 bridgehead atoms. The van der Waals surface area contributed by atoms with Gasteiger partial charge in [-0.3, -0.25) is 57.5 Å². The fraction of sp³-hybridized carbons (Fsp3) is 0.545. The number of nitrogens with one attached hydrogen (secondary N) is 6. The second-order valence-electron chi connectivity index (χ2n) is 12.5. The quantitative estimate of drug-likeness (QED) is 0.0368. The maximum atomic E-state index is 11.8. The van der Waals surface area contributed by atoms with Crippen molar-refractivity contribution in [3.8, 4) is 0 Å². The molecule has 0 aliphatic carbocycles. The zero-order valence-corrected chi connectivity index (χ0v) is 33.5. The number of carboxylic acids is 9. The molecule has 63 heavy (non-hydrogen) atoms. The Labute approximate surface area is 353 Å². The van der Waals surface area contributed by atoms with Gasteiger partial charge in [0, 0.05) is 40.0 Å². The Bertz CT molecular complexity index is 1490. The van der Waals surface area contributed by atoms with Crippen LogP contribution in [-0.4, -0.2) is 171 Å². The fourth-order valence-corrected chi connectivity index (χ4v) is 4.28. The van der Waals surface area contributed by atoms with Gasteiger partial charge >= 0.3 is 53.7 Å². The van der Waals surface area contributed by atoms with E-state index >= 15 is 0 Å². The average Bonchev–Trinajstić information content (AvgIpc) is 3.11. The van der Waals surface area contributed by atoms with Gasteiger partial charge < -0.3 is 77.9 Å². The summed E-state index contributed by atoms with van der Waals surface area (Å²) in [5, 5.41) is 90.2. The van der Waals surface area contributed by atoms with Crippen molar-refractivity contribution in [1.29, 1.82) is 0 Å². The summed E-state index contributed by atoms with van der Waals surface area (Å²) >= 11 is 0. The summed E-state index contributed by atoms with van der Waals surface area (Å²) in [5.41, 5.74) is 0. The van der Waals surface area contributed by atoms with Gasteiger partial charge in [-0.15, -0.1) is 0 Å². The molecule has 0 radical (unpaired) electrons. The van der Waals surface area contributed by atoms with Crippen LogP contribution in [0.3, 0.4) is 0 Å². The maximum Gasteiger partial charge on any atom is 0.326 e. The van der Waals surface area contributed by atoms with Crippen LogP contribution in [0.15, 0.2) is 0 Å². The lowest BCUT2D eigenvalue weighted by molar-refractivity contribution is -0.145. The molecule has 30 nitrogen and oxygen atoms in total. The molecule has 30 heteroatoms. The normalized spacial score (nSPS) is 12.8. The Hall–Kier alpha value is -7.95. The van der Waals surface area contributed by atoms with E-state index < -0.39 is 164 Å². The van der Waals surface area contributed by atoms with Crippen molar-refractivity contribution in [1.82, 2.24) is 31.9 Å². The number of carboxylic acid groups (broad SMARTS) is 9. The summed E-state index contributed by atoms with van der Waals surface area (Å²) in [7, 11) is 0. The molecular weight excluding hydrogens is 864 g/mol. The standard InChI is InChI=1S/3C11H16N2O8/c3*1-5(14)12-7(4-9(17)18)10(19)13-6(11(20)21)2-3-8(15)16/h3*6-7H,2-4H2,1H3,(H,12,14)(H,13,19)(H,15,16)(H,17,18)(H,20,21)/t3*6-,7-/m000/s1. The molecule has 0 spiro atoms. The highest BCUT2D eigenvalue weighted by Gasteiger charge is 2.30. The van der Waals surface area contributed by atoms with Crippen molar-refractivity contribution < 1.29 is 118 Å². The summed E-state index contributed by atoms with van der Waals surface area (Å²) in [5.74, 6) is -17.2. The Kier molecular flexibility index (Phi) is 29.2. The van der Waals surface area contributed by atoms with Gasteiger partial charge in [0.2, 0.25) is 35.4 Å². The summed E-state index contributed by atoms with van der Waals surface area (Å²) < 4.78 is 0. The van der Waals surface area contributed by atoms with Crippen molar-refractivity contribution >= 4 is 89.2 Å². The SMILES string of the molecule is CC(=O)N[C@@H](CC(=O)O)C(=O)N[C@@H](CCC(=O)O)C(=O)O.CC(=O)N[C@@H](CC(=O)O)C(=O)N[C@@H](CCC(=O)O)C(=O)O.CC(=O)N[C@@H](CC(=O)O)C(=O)N[C@@H](CCC(=O)O)C(=O)O. The molecule has 0 heterocycles. The minimum atomic E-state index is -1.49. The van der Waals surface area contributed by atoms with E-state index in [0.717, 1.165) is 20.8 Å². The number of hydrogen-bond donors (Lipinski definition) is 15. The lowest BCUT2D eigenvalue weighted by Crippen LogP contribution is -2.52. The molecule has 0 fully saturated rings. The van der Waals surface area contributed by atoms with Gasteiger partial charge in [0.1, 0.15) is 36.3 Å². The molecule has 0 unspecified atom stereocenters. The number of amides is 6. The van der Waals surface area contributed by atoms with Gasteiger partial charge in [0.15, 0.2) is 0 Å². The van der Waals surface area contributed by atoms with Crippen molar-refractivity contribution in [3.63, 3.8) is 0 Å². The molecule has 0 aromatic rings. The predicted octanol–water partition coefficient (Wildman–Crippen LogP) is -4.80.